The minimum Gasteiger partial charge on any atom is -0.350 e. The number of rotatable bonds is 4. The van der Waals surface area contributed by atoms with E-state index in [0.29, 0.717) is 19.3 Å². The van der Waals surface area contributed by atoms with Crippen LogP contribution in [0.3, 0.4) is 0 Å². The topological polar surface area (TPSA) is 29.1 Å². The maximum absolute atomic E-state index is 12.5. The van der Waals surface area contributed by atoms with Gasteiger partial charge in [-0.15, -0.1) is 0 Å². The summed E-state index contributed by atoms with van der Waals surface area (Å²) in [6.07, 6.45) is 1.70. The van der Waals surface area contributed by atoms with E-state index in [0.717, 1.165) is 0 Å². The number of halogens is 4. The van der Waals surface area contributed by atoms with Crippen LogP contribution in [0.5, 0.6) is 0 Å². The Labute approximate surface area is 90.7 Å². The Morgan fingerprint density at radius 2 is 2.12 bits per heavy atom. The molecule has 0 aliphatic heterocycles. The molecule has 1 atom stereocenters. The Hall–Kier alpha value is -1.07. The minimum absolute atomic E-state index is 0.376. The summed E-state index contributed by atoms with van der Waals surface area (Å²) in [6, 6.07) is 0. The largest absolute Gasteiger partial charge is 0.350 e. The summed E-state index contributed by atoms with van der Waals surface area (Å²) in [6.45, 7) is -1.30. The van der Waals surface area contributed by atoms with Crippen LogP contribution < -0.4 is 5.32 Å². The van der Waals surface area contributed by atoms with Crippen molar-refractivity contribution >= 4 is 5.91 Å². The fourth-order valence-electron chi connectivity index (χ4n) is 1.46. The van der Waals surface area contributed by atoms with E-state index in [2.05, 4.69) is 0 Å². The molecule has 0 aromatic carbocycles. The van der Waals surface area contributed by atoms with Gasteiger partial charge in [0.05, 0.1) is 6.54 Å². The molecule has 0 fully saturated rings. The van der Waals surface area contributed by atoms with Gasteiger partial charge in [-0.25, -0.2) is 8.78 Å². The number of allylic oxidation sites excluding steroid dienone is 2. The van der Waals surface area contributed by atoms with Gasteiger partial charge in [-0.2, -0.15) is 8.78 Å². The number of hydrogen-bond acceptors (Lipinski definition) is 1. The van der Waals surface area contributed by atoms with Crippen LogP contribution in [0, 0.1) is 5.92 Å². The van der Waals surface area contributed by atoms with E-state index in [1.165, 1.54) is 0 Å². The summed E-state index contributed by atoms with van der Waals surface area (Å²) in [5, 5.41) is 1.87. The second-order valence-electron chi connectivity index (χ2n) is 3.76. The summed E-state index contributed by atoms with van der Waals surface area (Å²) in [5.74, 6) is -5.11. The van der Waals surface area contributed by atoms with Crippen LogP contribution in [-0.4, -0.2) is 24.8 Å². The summed E-state index contributed by atoms with van der Waals surface area (Å²) in [7, 11) is 0. The number of amides is 1. The van der Waals surface area contributed by atoms with Crippen molar-refractivity contribution in [3.63, 3.8) is 0 Å². The number of hydrogen-bond donors (Lipinski definition) is 1. The predicted molar refractivity (Wildman–Crippen MR) is 50.4 cm³/mol. The average molecular weight is 239 g/mol. The molecule has 0 bridgehead atoms. The van der Waals surface area contributed by atoms with Crippen molar-refractivity contribution in [2.24, 2.45) is 5.92 Å². The van der Waals surface area contributed by atoms with E-state index >= 15 is 0 Å². The number of alkyl halides is 4. The molecule has 0 aromatic rings. The second kappa shape index (κ2) is 5.32. The predicted octanol–water partition coefficient (Wildman–Crippen LogP) is 2.36. The third kappa shape index (κ3) is 3.50. The van der Waals surface area contributed by atoms with Crippen molar-refractivity contribution in [2.45, 2.75) is 31.6 Å². The third-order valence-corrected chi connectivity index (χ3v) is 2.46. The molecule has 2 nitrogen and oxygen atoms in total. The van der Waals surface area contributed by atoms with Gasteiger partial charge in [-0.1, -0.05) is 12.2 Å². The Kier molecular flexibility index (Phi) is 4.32. The zero-order valence-electron chi connectivity index (χ0n) is 8.56. The van der Waals surface area contributed by atoms with Crippen LogP contribution in [0.4, 0.5) is 17.6 Å². The highest BCUT2D eigenvalue weighted by molar-refractivity contribution is 5.79. The van der Waals surface area contributed by atoms with Gasteiger partial charge in [0.1, 0.15) is 0 Å². The Balaban J connectivity index is 2.37. The third-order valence-electron chi connectivity index (χ3n) is 2.46. The first-order valence-corrected chi connectivity index (χ1v) is 5.02. The van der Waals surface area contributed by atoms with Crippen LogP contribution in [0.25, 0.3) is 0 Å². The van der Waals surface area contributed by atoms with Crippen LogP contribution in [0.15, 0.2) is 12.2 Å². The van der Waals surface area contributed by atoms with E-state index in [1.54, 1.807) is 6.08 Å². The van der Waals surface area contributed by atoms with Gasteiger partial charge in [0.2, 0.25) is 5.91 Å². The molecule has 6 heteroatoms. The number of nitrogens with one attached hydrogen (secondary N) is 1. The van der Waals surface area contributed by atoms with E-state index < -0.39 is 24.8 Å². The number of carbonyl (C=O) groups is 1. The zero-order valence-corrected chi connectivity index (χ0v) is 8.56. The summed E-state index contributed by atoms with van der Waals surface area (Å²) < 4.78 is 48.6. The molecule has 0 saturated heterocycles. The first kappa shape index (κ1) is 13.0. The molecule has 0 aromatic heterocycles. The standard InChI is InChI=1S/C10H13F4NO/c11-9(12)10(13,14)6-15-8(16)7-4-2-1-3-5-7/h1-2,7,9H,3-6H2,(H,15,16). The minimum atomic E-state index is -4.15. The molecule has 1 unspecified atom stereocenters. The van der Waals surface area contributed by atoms with E-state index in [1.807, 2.05) is 11.4 Å². The SMILES string of the molecule is O=C(NCC(F)(F)C(F)F)C1CC=CCC1. The van der Waals surface area contributed by atoms with Crippen molar-refractivity contribution in [3.8, 4) is 0 Å². The van der Waals surface area contributed by atoms with Gasteiger partial charge >= 0.3 is 12.3 Å². The summed E-state index contributed by atoms with van der Waals surface area (Å²) in [4.78, 5) is 11.3. The van der Waals surface area contributed by atoms with Crippen molar-refractivity contribution in [3.05, 3.63) is 12.2 Å². The van der Waals surface area contributed by atoms with E-state index in [9.17, 15) is 22.4 Å². The quantitative estimate of drug-likeness (QED) is 0.592. The van der Waals surface area contributed by atoms with Crippen molar-refractivity contribution in [1.82, 2.24) is 5.32 Å². The lowest BCUT2D eigenvalue weighted by molar-refractivity contribution is -0.138. The molecule has 0 heterocycles. The highest BCUT2D eigenvalue weighted by Gasteiger charge is 2.41. The first-order chi connectivity index (χ1) is 7.43. The first-order valence-electron chi connectivity index (χ1n) is 5.02. The van der Waals surface area contributed by atoms with E-state index in [4.69, 9.17) is 0 Å². The second-order valence-corrected chi connectivity index (χ2v) is 3.76. The molecule has 0 radical (unpaired) electrons. The van der Waals surface area contributed by atoms with Gasteiger partial charge < -0.3 is 5.32 Å². The number of carbonyl (C=O) groups excluding carboxylic acids is 1. The van der Waals surface area contributed by atoms with Gasteiger partial charge in [0.25, 0.3) is 0 Å². The van der Waals surface area contributed by atoms with Crippen LogP contribution >= 0.6 is 0 Å². The van der Waals surface area contributed by atoms with Gasteiger partial charge in [0.15, 0.2) is 0 Å². The van der Waals surface area contributed by atoms with Crippen LogP contribution in [-0.2, 0) is 4.79 Å². The molecule has 1 N–H and O–H groups in total. The molecule has 0 saturated carbocycles. The maximum Gasteiger partial charge on any atom is 0.324 e. The molecular formula is C10H13F4NO. The lowest BCUT2D eigenvalue weighted by Gasteiger charge is -2.20. The van der Waals surface area contributed by atoms with Gasteiger partial charge in [0, 0.05) is 5.92 Å². The molecule has 1 amide bonds. The average Bonchev–Trinajstić information content (AvgIpc) is 2.27. The molecule has 1 rings (SSSR count). The molecule has 0 spiro atoms. The van der Waals surface area contributed by atoms with Gasteiger partial charge in [-0.05, 0) is 19.3 Å². The lowest BCUT2D eigenvalue weighted by atomic mass is 9.93. The van der Waals surface area contributed by atoms with Crippen LogP contribution in [0.1, 0.15) is 19.3 Å². The highest BCUT2D eigenvalue weighted by Crippen LogP contribution is 2.22. The van der Waals surface area contributed by atoms with Crippen molar-refractivity contribution in [2.75, 3.05) is 6.54 Å². The molecule has 1 aliphatic rings. The summed E-state index contributed by atoms with van der Waals surface area (Å²) >= 11 is 0. The smallest absolute Gasteiger partial charge is 0.324 e. The maximum atomic E-state index is 12.5. The molecule has 1 aliphatic carbocycles. The van der Waals surface area contributed by atoms with Crippen molar-refractivity contribution < 1.29 is 22.4 Å². The monoisotopic (exact) mass is 239 g/mol. The molecular weight excluding hydrogens is 226 g/mol. The molecule has 92 valence electrons. The summed E-state index contributed by atoms with van der Waals surface area (Å²) in [5.41, 5.74) is 0. The van der Waals surface area contributed by atoms with E-state index in [-0.39, 0.29) is 5.92 Å². The Morgan fingerprint density at radius 3 is 2.62 bits per heavy atom. The zero-order chi connectivity index (χ0) is 12.2. The lowest BCUT2D eigenvalue weighted by Crippen LogP contribution is -2.43. The van der Waals surface area contributed by atoms with Crippen LogP contribution in [0.2, 0.25) is 0 Å². The van der Waals surface area contributed by atoms with Crippen molar-refractivity contribution in [1.29, 1.82) is 0 Å². The Bertz CT molecular complexity index is 278. The highest BCUT2D eigenvalue weighted by atomic mass is 19.3. The van der Waals surface area contributed by atoms with Gasteiger partial charge in [-0.3, -0.25) is 4.79 Å². The Morgan fingerprint density at radius 1 is 1.44 bits per heavy atom. The molecule has 16 heavy (non-hydrogen) atoms. The fraction of sp³-hybridized carbons (Fsp3) is 0.700. The fourth-order valence-corrected chi connectivity index (χ4v) is 1.46. The normalized spacial score (nSPS) is 21.2.